The maximum Gasteiger partial charge on any atom is 0.270 e. The topological polar surface area (TPSA) is 84.3 Å². The number of piperidine rings is 1. The molecule has 3 rings (SSSR count). The second-order valence-corrected chi connectivity index (χ2v) is 5.70. The van der Waals surface area contributed by atoms with E-state index in [1.165, 1.54) is 0 Å². The largest absolute Gasteiger partial charge is 0.349 e. The van der Waals surface area contributed by atoms with Gasteiger partial charge in [-0.05, 0) is 31.7 Å². The Balaban J connectivity index is 1.73. The van der Waals surface area contributed by atoms with Crippen molar-refractivity contribution in [2.75, 3.05) is 0 Å². The van der Waals surface area contributed by atoms with Gasteiger partial charge in [-0.2, -0.15) is 0 Å². The molecule has 0 aliphatic carbocycles. The number of hydrogen-bond acceptors (Lipinski definition) is 4. The Morgan fingerprint density at radius 2 is 2.00 bits per heavy atom. The first kappa shape index (κ1) is 13.9. The van der Waals surface area contributed by atoms with Crippen LogP contribution in [0, 0.1) is 15.9 Å². The molecule has 2 saturated heterocycles. The Hall–Kier alpha value is -2.02. The molecule has 0 spiro atoms. The minimum atomic E-state index is -0.741. The Labute approximate surface area is 120 Å². The van der Waals surface area contributed by atoms with E-state index in [1.807, 2.05) is 0 Å². The number of nitrogens with one attached hydrogen (secondary N) is 2. The van der Waals surface area contributed by atoms with Gasteiger partial charge in [-0.15, -0.1) is 0 Å². The predicted molar refractivity (Wildman–Crippen MR) is 73.5 cm³/mol. The lowest BCUT2D eigenvalue weighted by molar-refractivity contribution is -0.384. The smallest absolute Gasteiger partial charge is 0.270 e. The number of nitrogens with zero attached hydrogens (tertiary/aromatic N) is 1. The quantitative estimate of drug-likeness (QED) is 0.657. The van der Waals surface area contributed by atoms with Crippen LogP contribution in [0.25, 0.3) is 0 Å². The first-order valence-corrected chi connectivity index (χ1v) is 7.04. The summed E-state index contributed by atoms with van der Waals surface area (Å²) in [6.07, 6.45) is 3.84. The summed E-state index contributed by atoms with van der Waals surface area (Å²) in [7, 11) is 0. The number of halogens is 1. The van der Waals surface area contributed by atoms with Crippen molar-refractivity contribution in [3.05, 3.63) is 39.7 Å². The van der Waals surface area contributed by atoms with Crippen molar-refractivity contribution >= 4 is 11.6 Å². The van der Waals surface area contributed by atoms with Crippen molar-refractivity contribution in [1.29, 1.82) is 0 Å². The molecule has 2 N–H and O–H groups in total. The van der Waals surface area contributed by atoms with Gasteiger partial charge in [0.25, 0.3) is 11.6 Å². The summed E-state index contributed by atoms with van der Waals surface area (Å²) in [4.78, 5) is 22.2. The lowest BCUT2D eigenvalue weighted by Gasteiger charge is -2.29. The number of nitro benzene ring substituents is 1. The van der Waals surface area contributed by atoms with Gasteiger partial charge in [-0.1, -0.05) is 0 Å². The van der Waals surface area contributed by atoms with Gasteiger partial charge in [-0.3, -0.25) is 14.9 Å². The van der Waals surface area contributed by atoms with Gasteiger partial charge in [0.1, 0.15) is 5.82 Å². The number of fused-ring (bicyclic) bond motifs is 2. The van der Waals surface area contributed by atoms with Gasteiger partial charge in [0, 0.05) is 30.3 Å². The van der Waals surface area contributed by atoms with Crippen molar-refractivity contribution in [2.45, 2.75) is 43.8 Å². The number of carbonyl (C=O) groups excluding carboxylic acids is 1. The van der Waals surface area contributed by atoms with Crippen LogP contribution < -0.4 is 10.6 Å². The zero-order chi connectivity index (χ0) is 15.0. The zero-order valence-electron chi connectivity index (χ0n) is 11.3. The third-order valence-electron chi connectivity index (χ3n) is 4.21. The third-order valence-corrected chi connectivity index (χ3v) is 4.21. The van der Waals surface area contributed by atoms with E-state index in [2.05, 4.69) is 10.6 Å². The SMILES string of the molecule is O=C(NC1CC2CCC(C1)N2)c1cc([N+](=O)[O-])ccc1F. The highest BCUT2D eigenvalue weighted by Crippen LogP contribution is 2.27. The van der Waals surface area contributed by atoms with Crippen molar-refractivity contribution in [2.24, 2.45) is 0 Å². The highest BCUT2D eigenvalue weighted by atomic mass is 19.1. The van der Waals surface area contributed by atoms with E-state index in [9.17, 15) is 19.3 Å². The van der Waals surface area contributed by atoms with Crippen LogP contribution in [0.2, 0.25) is 0 Å². The monoisotopic (exact) mass is 293 g/mol. The zero-order valence-corrected chi connectivity index (χ0v) is 11.3. The summed E-state index contributed by atoms with van der Waals surface area (Å²) < 4.78 is 13.7. The van der Waals surface area contributed by atoms with Gasteiger partial charge >= 0.3 is 0 Å². The fourth-order valence-electron chi connectivity index (χ4n) is 3.24. The van der Waals surface area contributed by atoms with Crippen LogP contribution in [-0.2, 0) is 0 Å². The molecule has 0 aromatic heterocycles. The van der Waals surface area contributed by atoms with Crippen LogP contribution in [0.15, 0.2) is 18.2 Å². The summed E-state index contributed by atoms with van der Waals surface area (Å²) in [5, 5.41) is 17.0. The van der Waals surface area contributed by atoms with E-state index in [1.54, 1.807) is 0 Å². The molecular weight excluding hydrogens is 277 g/mol. The number of nitro groups is 1. The number of non-ortho nitro benzene ring substituents is 1. The molecule has 7 heteroatoms. The highest BCUT2D eigenvalue weighted by molar-refractivity contribution is 5.95. The summed E-state index contributed by atoms with van der Waals surface area (Å²) in [6.45, 7) is 0. The van der Waals surface area contributed by atoms with Crippen LogP contribution in [0.4, 0.5) is 10.1 Å². The average Bonchev–Trinajstić information content (AvgIpc) is 2.78. The lowest BCUT2D eigenvalue weighted by Crippen LogP contribution is -2.48. The molecule has 2 fully saturated rings. The first-order valence-electron chi connectivity index (χ1n) is 7.04. The second-order valence-electron chi connectivity index (χ2n) is 5.70. The van der Waals surface area contributed by atoms with Gasteiger partial charge in [0.05, 0.1) is 10.5 Å². The minimum Gasteiger partial charge on any atom is -0.349 e. The summed E-state index contributed by atoms with van der Waals surface area (Å²) in [6, 6.07) is 3.80. The van der Waals surface area contributed by atoms with Gasteiger partial charge in [0.15, 0.2) is 0 Å². The van der Waals surface area contributed by atoms with Gasteiger partial charge in [-0.25, -0.2) is 4.39 Å². The Morgan fingerprint density at radius 1 is 1.33 bits per heavy atom. The maximum atomic E-state index is 13.7. The fourth-order valence-corrected chi connectivity index (χ4v) is 3.24. The van der Waals surface area contributed by atoms with Crippen LogP contribution in [0.3, 0.4) is 0 Å². The van der Waals surface area contributed by atoms with E-state index in [4.69, 9.17) is 0 Å². The number of amides is 1. The summed E-state index contributed by atoms with van der Waals surface area (Å²) in [5.41, 5.74) is -0.554. The third kappa shape index (κ3) is 2.87. The Bertz CT molecular complexity index is 581. The van der Waals surface area contributed by atoms with E-state index in [-0.39, 0.29) is 17.3 Å². The number of carbonyl (C=O) groups is 1. The van der Waals surface area contributed by atoms with Gasteiger partial charge < -0.3 is 10.6 Å². The molecule has 2 aliphatic rings. The van der Waals surface area contributed by atoms with Crippen molar-refractivity contribution in [3.8, 4) is 0 Å². The second kappa shape index (κ2) is 5.40. The predicted octanol–water partition coefficient (Wildman–Crippen LogP) is 1.75. The van der Waals surface area contributed by atoms with Crippen LogP contribution in [0.1, 0.15) is 36.0 Å². The van der Waals surface area contributed by atoms with Crippen LogP contribution in [0.5, 0.6) is 0 Å². The molecule has 2 heterocycles. The van der Waals surface area contributed by atoms with Crippen molar-refractivity contribution in [3.63, 3.8) is 0 Å². The minimum absolute atomic E-state index is 0.00471. The number of rotatable bonds is 3. The van der Waals surface area contributed by atoms with Crippen molar-refractivity contribution in [1.82, 2.24) is 10.6 Å². The standard InChI is InChI=1S/C14H16FN3O3/c15-13-4-3-11(18(20)21)7-12(13)14(19)17-10-5-8-1-2-9(6-10)16-8/h3-4,7-10,16H,1-2,5-6H2,(H,17,19). The Kier molecular flexibility index (Phi) is 3.59. The molecule has 0 radical (unpaired) electrons. The molecule has 1 aromatic carbocycles. The van der Waals surface area contributed by atoms with Crippen molar-refractivity contribution < 1.29 is 14.1 Å². The number of hydrogen-bond donors (Lipinski definition) is 2. The lowest BCUT2D eigenvalue weighted by atomic mass is 9.99. The number of benzene rings is 1. The van der Waals surface area contributed by atoms with Crippen LogP contribution in [-0.4, -0.2) is 29.0 Å². The fraction of sp³-hybridized carbons (Fsp3) is 0.500. The Morgan fingerprint density at radius 3 is 2.62 bits per heavy atom. The molecule has 2 aliphatic heterocycles. The maximum absolute atomic E-state index is 13.7. The van der Waals surface area contributed by atoms with Crippen LogP contribution >= 0.6 is 0 Å². The molecule has 21 heavy (non-hydrogen) atoms. The van der Waals surface area contributed by atoms with E-state index < -0.39 is 16.6 Å². The average molecular weight is 293 g/mol. The van der Waals surface area contributed by atoms with Gasteiger partial charge in [0.2, 0.25) is 0 Å². The molecule has 1 amide bonds. The summed E-state index contributed by atoms with van der Waals surface area (Å²) >= 11 is 0. The van der Waals surface area contributed by atoms with E-state index in [0.29, 0.717) is 12.1 Å². The summed E-state index contributed by atoms with van der Waals surface area (Å²) in [5.74, 6) is -1.32. The van der Waals surface area contributed by atoms with E-state index in [0.717, 1.165) is 43.9 Å². The highest BCUT2D eigenvalue weighted by Gasteiger charge is 2.34. The molecule has 6 nitrogen and oxygen atoms in total. The molecular formula is C14H16FN3O3. The normalized spacial score (nSPS) is 27.4. The molecule has 2 bridgehead atoms. The molecule has 2 unspecified atom stereocenters. The molecule has 2 atom stereocenters. The first-order chi connectivity index (χ1) is 10.0. The molecule has 0 saturated carbocycles. The molecule has 112 valence electrons. The van der Waals surface area contributed by atoms with E-state index >= 15 is 0 Å². The molecule has 1 aromatic rings.